The van der Waals surface area contributed by atoms with Gasteiger partial charge in [0.2, 0.25) is 0 Å². The Labute approximate surface area is 139 Å². The summed E-state index contributed by atoms with van der Waals surface area (Å²) in [4.78, 5) is 29.3. The molecule has 3 rings (SSSR count). The van der Waals surface area contributed by atoms with Crippen molar-refractivity contribution in [3.63, 3.8) is 0 Å². The highest BCUT2D eigenvalue weighted by molar-refractivity contribution is 5.95. The summed E-state index contributed by atoms with van der Waals surface area (Å²) >= 11 is 0. The number of pyridine rings is 1. The number of piperidine rings is 1. The van der Waals surface area contributed by atoms with Gasteiger partial charge < -0.3 is 14.7 Å². The van der Waals surface area contributed by atoms with Crippen molar-refractivity contribution in [3.8, 4) is 11.5 Å². The zero-order valence-electron chi connectivity index (χ0n) is 13.1. The number of hydrogen-bond acceptors (Lipinski definition) is 4. The van der Waals surface area contributed by atoms with Crippen LogP contribution in [0, 0.1) is 5.92 Å². The Bertz CT molecular complexity index is 733. The number of likely N-dealkylation sites (tertiary alicyclic amines) is 1. The summed E-state index contributed by atoms with van der Waals surface area (Å²) in [6, 6.07) is 10.4. The lowest BCUT2D eigenvalue weighted by atomic mass is 9.97. The van der Waals surface area contributed by atoms with Crippen molar-refractivity contribution in [3.05, 3.63) is 54.4 Å². The minimum Gasteiger partial charge on any atom is -0.481 e. The van der Waals surface area contributed by atoms with E-state index in [1.807, 2.05) is 0 Å². The second-order valence-corrected chi connectivity index (χ2v) is 5.74. The Balaban J connectivity index is 1.73. The minimum atomic E-state index is -0.845. The van der Waals surface area contributed by atoms with Gasteiger partial charge in [-0.25, -0.2) is 0 Å². The fraction of sp³-hybridized carbons (Fsp3) is 0.278. The number of aromatic nitrogens is 1. The van der Waals surface area contributed by atoms with Crippen LogP contribution in [0.4, 0.5) is 0 Å². The fourth-order valence-electron chi connectivity index (χ4n) is 2.78. The highest BCUT2D eigenvalue weighted by Crippen LogP contribution is 2.24. The van der Waals surface area contributed by atoms with Crippen LogP contribution in [-0.4, -0.2) is 40.0 Å². The number of amides is 1. The van der Waals surface area contributed by atoms with Gasteiger partial charge in [-0.2, -0.15) is 0 Å². The maximum atomic E-state index is 12.6. The van der Waals surface area contributed by atoms with Crippen molar-refractivity contribution in [2.45, 2.75) is 12.8 Å². The summed E-state index contributed by atoms with van der Waals surface area (Å²) in [5.74, 6) is -0.306. The quantitative estimate of drug-likeness (QED) is 0.934. The Kier molecular flexibility index (Phi) is 4.74. The average Bonchev–Trinajstić information content (AvgIpc) is 2.62. The summed E-state index contributed by atoms with van der Waals surface area (Å²) in [5, 5.41) is 9.15. The van der Waals surface area contributed by atoms with Gasteiger partial charge in [0.25, 0.3) is 5.91 Å². The lowest BCUT2D eigenvalue weighted by molar-refractivity contribution is -0.143. The van der Waals surface area contributed by atoms with Gasteiger partial charge in [0.15, 0.2) is 0 Å². The van der Waals surface area contributed by atoms with E-state index >= 15 is 0 Å². The molecule has 2 aromatic rings. The van der Waals surface area contributed by atoms with Gasteiger partial charge in [0, 0.05) is 31.0 Å². The third kappa shape index (κ3) is 3.71. The first-order chi connectivity index (χ1) is 11.6. The highest BCUT2D eigenvalue weighted by Gasteiger charge is 2.28. The monoisotopic (exact) mass is 326 g/mol. The molecule has 1 saturated heterocycles. The number of hydrogen-bond donors (Lipinski definition) is 1. The van der Waals surface area contributed by atoms with E-state index in [0.717, 1.165) is 0 Å². The number of rotatable bonds is 4. The molecule has 6 heteroatoms. The molecule has 0 saturated carbocycles. The second-order valence-electron chi connectivity index (χ2n) is 5.74. The van der Waals surface area contributed by atoms with Crippen LogP contribution in [0.3, 0.4) is 0 Å². The summed E-state index contributed by atoms with van der Waals surface area (Å²) < 4.78 is 5.71. The molecule has 1 aromatic heterocycles. The topological polar surface area (TPSA) is 79.7 Å². The number of carbonyl (C=O) groups excluding carboxylic acids is 1. The molecule has 24 heavy (non-hydrogen) atoms. The van der Waals surface area contributed by atoms with E-state index in [1.165, 1.54) is 0 Å². The Morgan fingerprint density at radius 1 is 1.17 bits per heavy atom. The van der Waals surface area contributed by atoms with E-state index in [0.29, 0.717) is 36.4 Å². The van der Waals surface area contributed by atoms with Gasteiger partial charge in [0.1, 0.15) is 11.5 Å². The molecule has 1 aliphatic rings. The van der Waals surface area contributed by atoms with Gasteiger partial charge in [-0.1, -0.05) is 6.07 Å². The number of aliphatic carboxylic acids is 1. The molecule has 2 heterocycles. The molecule has 0 bridgehead atoms. The van der Waals surface area contributed by atoms with Crippen LogP contribution in [0.1, 0.15) is 23.2 Å². The number of ether oxygens (including phenoxy) is 1. The van der Waals surface area contributed by atoms with E-state index in [-0.39, 0.29) is 12.5 Å². The van der Waals surface area contributed by atoms with Gasteiger partial charge in [-0.3, -0.25) is 14.6 Å². The maximum Gasteiger partial charge on any atom is 0.308 e. The first-order valence-electron chi connectivity index (χ1n) is 7.83. The number of benzene rings is 1. The maximum absolute atomic E-state index is 12.6. The lowest BCUT2D eigenvalue weighted by Crippen LogP contribution is -2.42. The van der Waals surface area contributed by atoms with Crippen LogP contribution in [0.5, 0.6) is 11.5 Å². The molecule has 0 radical (unpaired) electrons. The van der Waals surface area contributed by atoms with Crippen molar-refractivity contribution in [1.29, 1.82) is 0 Å². The minimum absolute atomic E-state index is 0.166. The molecule has 1 N–H and O–H groups in total. The summed E-state index contributed by atoms with van der Waals surface area (Å²) in [5.41, 5.74) is 0.493. The third-order valence-corrected chi connectivity index (χ3v) is 4.02. The van der Waals surface area contributed by atoms with E-state index in [1.54, 1.807) is 53.7 Å². The van der Waals surface area contributed by atoms with Crippen LogP contribution >= 0.6 is 0 Å². The van der Waals surface area contributed by atoms with Gasteiger partial charge in [0.05, 0.1) is 5.92 Å². The normalized spacial score (nSPS) is 17.3. The van der Waals surface area contributed by atoms with Crippen molar-refractivity contribution in [2.24, 2.45) is 5.92 Å². The summed E-state index contributed by atoms with van der Waals surface area (Å²) in [7, 11) is 0. The van der Waals surface area contributed by atoms with Crippen molar-refractivity contribution >= 4 is 11.9 Å². The SMILES string of the molecule is O=C(O)C1CCCN(C(=O)c2cccc(Oc3ccncc3)c2)C1. The predicted molar refractivity (Wildman–Crippen MR) is 87.0 cm³/mol. The summed E-state index contributed by atoms with van der Waals surface area (Å²) in [6.07, 6.45) is 4.58. The Morgan fingerprint density at radius 3 is 2.71 bits per heavy atom. The second kappa shape index (κ2) is 7.12. The van der Waals surface area contributed by atoms with Crippen molar-refractivity contribution in [2.75, 3.05) is 13.1 Å². The Morgan fingerprint density at radius 2 is 1.96 bits per heavy atom. The first kappa shape index (κ1) is 16.0. The van der Waals surface area contributed by atoms with Crippen LogP contribution in [0.25, 0.3) is 0 Å². The molecule has 1 amide bonds. The molecule has 1 aliphatic heterocycles. The van der Waals surface area contributed by atoms with E-state index < -0.39 is 11.9 Å². The molecule has 0 spiro atoms. The van der Waals surface area contributed by atoms with E-state index in [9.17, 15) is 9.59 Å². The molecular weight excluding hydrogens is 308 g/mol. The highest BCUT2D eigenvalue weighted by atomic mass is 16.5. The summed E-state index contributed by atoms with van der Waals surface area (Å²) in [6.45, 7) is 0.835. The molecule has 6 nitrogen and oxygen atoms in total. The molecule has 124 valence electrons. The van der Waals surface area contributed by atoms with Crippen LogP contribution in [-0.2, 0) is 4.79 Å². The van der Waals surface area contributed by atoms with Gasteiger partial charge >= 0.3 is 5.97 Å². The number of carboxylic acids is 1. The lowest BCUT2D eigenvalue weighted by Gasteiger charge is -2.30. The van der Waals surface area contributed by atoms with Crippen LogP contribution in [0.2, 0.25) is 0 Å². The molecule has 0 aliphatic carbocycles. The molecule has 1 unspecified atom stereocenters. The first-order valence-corrected chi connectivity index (χ1v) is 7.83. The smallest absolute Gasteiger partial charge is 0.308 e. The van der Waals surface area contributed by atoms with Crippen molar-refractivity contribution in [1.82, 2.24) is 9.88 Å². The van der Waals surface area contributed by atoms with Gasteiger partial charge in [-0.15, -0.1) is 0 Å². The van der Waals surface area contributed by atoms with Gasteiger partial charge in [-0.05, 0) is 43.2 Å². The molecule has 1 fully saturated rings. The largest absolute Gasteiger partial charge is 0.481 e. The van der Waals surface area contributed by atoms with Crippen molar-refractivity contribution < 1.29 is 19.4 Å². The molecule has 1 atom stereocenters. The zero-order valence-corrected chi connectivity index (χ0v) is 13.1. The standard InChI is InChI=1S/C18H18N2O4/c21-17(20-10-2-4-14(12-20)18(22)23)13-3-1-5-16(11-13)24-15-6-8-19-9-7-15/h1,3,5-9,11,14H,2,4,10,12H2,(H,22,23). The fourth-order valence-corrected chi connectivity index (χ4v) is 2.78. The van der Waals surface area contributed by atoms with Crippen LogP contribution < -0.4 is 4.74 Å². The molecule has 1 aromatic carbocycles. The van der Waals surface area contributed by atoms with E-state index in [4.69, 9.17) is 9.84 Å². The number of carboxylic acid groups (broad SMARTS) is 1. The zero-order chi connectivity index (χ0) is 16.9. The van der Waals surface area contributed by atoms with E-state index in [2.05, 4.69) is 4.98 Å². The number of carbonyl (C=O) groups is 2. The third-order valence-electron chi connectivity index (χ3n) is 4.02. The predicted octanol–water partition coefficient (Wildman–Crippen LogP) is 2.81. The Hall–Kier alpha value is -2.89. The number of nitrogens with zero attached hydrogens (tertiary/aromatic N) is 2. The van der Waals surface area contributed by atoms with Crippen LogP contribution in [0.15, 0.2) is 48.8 Å². The molecular formula is C18H18N2O4. The average molecular weight is 326 g/mol.